The molecule has 1 heterocycles. The van der Waals surface area contributed by atoms with Crippen LogP contribution in [0.1, 0.15) is 32.1 Å². The van der Waals surface area contributed by atoms with Crippen LogP contribution >= 0.6 is 0 Å². The van der Waals surface area contributed by atoms with E-state index in [0.717, 1.165) is 24.8 Å². The minimum atomic E-state index is -0.826. The monoisotopic (exact) mass is 274 g/mol. The summed E-state index contributed by atoms with van der Waals surface area (Å²) in [5.41, 5.74) is -0.0635. The van der Waals surface area contributed by atoms with Crippen molar-refractivity contribution in [3.8, 4) is 11.5 Å². The molecule has 5 heteroatoms. The predicted octanol–water partition coefficient (Wildman–Crippen LogP) is 2.20. The lowest BCUT2D eigenvalue weighted by Crippen LogP contribution is -2.39. The van der Waals surface area contributed by atoms with Gasteiger partial charge in [-0.1, -0.05) is 37.5 Å². The molecule has 1 fully saturated rings. The van der Waals surface area contributed by atoms with Crippen LogP contribution in [0.4, 0.5) is 0 Å². The van der Waals surface area contributed by atoms with Crippen LogP contribution in [-0.4, -0.2) is 20.5 Å². The molecule has 106 valence electrons. The second-order valence-corrected chi connectivity index (χ2v) is 5.48. The van der Waals surface area contributed by atoms with Gasteiger partial charge in [0.2, 0.25) is 5.89 Å². The molecular formula is C15H18N2O3. The van der Waals surface area contributed by atoms with E-state index in [9.17, 15) is 9.90 Å². The van der Waals surface area contributed by atoms with Crippen LogP contribution in [0.25, 0.3) is 11.5 Å². The van der Waals surface area contributed by atoms with Crippen LogP contribution in [-0.2, 0) is 6.54 Å². The Hall–Kier alpha value is -1.88. The Morgan fingerprint density at radius 2 is 1.90 bits per heavy atom. The number of benzene rings is 1. The van der Waals surface area contributed by atoms with E-state index in [1.165, 1.54) is 4.68 Å². The third-order valence-corrected chi connectivity index (χ3v) is 3.86. The van der Waals surface area contributed by atoms with E-state index in [0.29, 0.717) is 18.7 Å². The largest absolute Gasteiger partial charge is 0.437 e. The van der Waals surface area contributed by atoms with E-state index in [2.05, 4.69) is 5.10 Å². The zero-order valence-electron chi connectivity index (χ0n) is 11.3. The van der Waals surface area contributed by atoms with Gasteiger partial charge >= 0.3 is 5.76 Å². The minimum absolute atomic E-state index is 0.210. The molecule has 1 aromatic carbocycles. The molecule has 1 aliphatic carbocycles. The van der Waals surface area contributed by atoms with Crippen LogP contribution in [0.2, 0.25) is 0 Å². The first-order chi connectivity index (χ1) is 9.66. The van der Waals surface area contributed by atoms with Gasteiger partial charge in [-0.25, -0.2) is 4.79 Å². The maximum atomic E-state index is 11.9. The summed E-state index contributed by atoms with van der Waals surface area (Å²) in [5.74, 6) is -0.210. The van der Waals surface area contributed by atoms with Crippen molar-refractivity contribution in [2.45, 2.75) is 44.2 Å². The predicted molar refractivity (Wildman–Crippen MR) is 74.2 cm³/mol. The molecule has 0 bridgehead atoms. The van der Waals surface area contributed by atoms with E-state index in [1.54, 1.807) is 0 Å². The molecule has 0 saturated heterocycles. The fourth-order valence-electron chi connectivity index (χ4n) is 2.75. The lowest BCUT2D eigenvalue weighted by molar-refractivity contribution is -0.0157. The number of aromatic nitrogens is 2. The van der Waals surface area contributed by atoms with Crippen molar-refractivity contribution in [2.75, 3.05) is 0 Å². The Morgan fingerprint density at radius 3 is 2.60 bits per heavy atom. The molecule has 0 spiro atoms. The van der Waals surface area contributed by atoms with Gasteiger partial charge in [0.1, 0.15) is 0 Å². The van der Waals surface area contributed by atoms with Gasteiger partial charge < -0.3 is 9.52 Å². The zero-order valence-corrected chi connectivity index (χ0v) is 11.3. The van der Waals surface area contributed by atoms with Gasteiger partial charge in [-0.15, -0.1) is 5.10 Å². The van der Waals surface area contributed by atoms with Crippen LogP contribution in [0, 0.1) is 0 Å². The third kappa shape index (κ3) is 2.67. The maximum absolute atomic E-state index is 11.9. The van der Waals surface area contributed by atoms with E-state index in [4.69, 9.17) is 4.42 Å². The van der Waals surface area contributed by atoms with Crippen LogP contribution < -0.4 is 5.76 Å². The lowest BCUT2D eigenvalue weighted by atomic mass is 9.85. The van der Waals surface area contributed by atoms with Gasteiger partial charge in [0.25, 0.3) is 0 Å². The number of nitrogens with zero attached hydrogens (tertiary/aromatic N) is 2. The molecule has 2 aromatic rings. The van der Waals surface area contributed by atoms with Crippen molar-refractivity contribution in [3.63, 3.8) is 0 Å². The van der Waals surface area contributed by atoms with Gasteiger partial charge in [-0.05, 0) is 25.0 Å². The summed E-state index contributed by atoms with van der Waals surface area (Å²) in [4.78, 5) is 11.9. The molecule has 1 aromatic heterocycles. The third-order valence-electron chi connectivity index (χ3n) is 3.86. The summed E-state index contributed by atoms with van der Waals surface area (Å²) in [6.45, 7) is 0.210. The van der Waals surface area contributed by atoms with Crippen molar-refractivity contribution < 1.29 is 9.52 Å². The normalized spacial score (nSPS) is 18.1. The molecule has 1 N–H and O–H groups in total. The first-order valence-electron chi connectivity index (χ1n) is 7.02. The topological polar surface area (TPSA) is 68.3 Å². The first-order valence-corrected chi connectivity index (χ1v) is 7.02. The molecule has 0 aliphatic heterocycles. The molecule has 20 heavy (non-hydrogen) atoms. The molecule has 0 radical (unpaired) electrons. The zero-order chi connectivity index (χ0) is 14.0. The van der Waals surface area contributed by atoms with Crippen molar-refractivity contribution in [2.24, 2.45) is 0 Å². The minimum Gasteiger partial charge on any atom is -0.388 e. The Morgan fingerprint density at radius 1 is 1.20 bits per heavy atom. The molecule has 0 unspecified atom stereocenters. The quantitative estimate of drug-likeness (QED) is 0.931. The number of hydrogen-bond acceptors (Lipinski definition) is 4. The SMILES string of the molecule is O=c1oc(-c2ccccc2)nn1CC1(O)CCCCC1. The van der Waals surface area contributed by atoms with Crippen molar-refractivity contribution in [1.82, 2.24) is 9.78 Å². The van der Waals surface area contributed by atoms with Gasteiger partial charge in [0, 0.05) is 5.56 Å². The van der Waals surface area contributed by atoms with E-state index >= 15 is 0 Å². The Kier molecular flexibility index (Phi) is 3.44. The fourth-order valence-corrected chi connectivity index (χ4v) is 2.75. The smallest absolute Gasteiger partial charge is 0.388 e. The Bertz CT molecular complexity index is 624. The summed E-state index contributed by atoms with van der Waals surface area (Å²) in [7, 11) is 0. The summed E-state index contributed by atoms with van der Waals surface area (Å²) in [6.07, 6.45) is 4.56. The van der Waals surface area contributed by atoms with Crippen molar-refractivity contribution in [1.29, 1.82) is 0 Å². The van der Waals surface area contributed by atoms with Gasteiger partial charge in [0.15, 0.2) is 0 Å². The second kappa shape index (κ2) is 5.25. The van der Waals surface area contributed by atoms with Gasteiger partial charge in [0.05, 0.1) is 12.1 Å². The molecule has 1 saturated carbocycles. The average molecular weight is 274 g/mol. The molecule has 1 aliphatic rings. The van der Waals surface area contributed by atoms with Crippen LogP contribution in [0.3, 0.4) is 0 Å². The van der Waals surface area contributed by atoms with Crippen molar-refractivity contribution in [3.05, 3.63) is 40.9 Å². The summed E-state index contributed by atoms with van der Waals surface area (Å²) in [6, 6.07) is 9.30. The number of aliphatic hydroxyl groups is 1. The van der Waals surface area contributed by atoms with Gasteiger partial charge in [-0.2, -0.15) is 4.68 Å². The maximum Gasteiger partial charge on any atom is 0.437 e. The number of rotatable bonds is 3. The molecule has 3 rings (SSSR count). The Labute approximate surface area is 116 Å². The summed E-state index contributed by atoms with van der Waals surface area (Å²) >= 11 is 0. The average Bonchev–Trinajstić information content (AvgIpc) is 2.81. The molecular weight excluding hydrogens is 256 g/mol. The summed E-state index contributed by atoms with van der Waals surface area (Å²) in [5, 5.41) is 14.7. The molecule has 0 amide bonds. The number of hydrogen-bond donors (Lipinski definition) is 1. The van der Waals surface area contributed by atoms with E-state index in [-0.39, 0.29) is 6.54 Å². The van der Waals surface area contributed by atoms with Crippen LogP contribution in [0.5, 0.6) is 0 Å². The molecule has 5 nitrogen and oxygen atoms in total. The van der Waals surface area contributed by atoms with Crippen LogP contribution in [0.15, 0.2) is 39.5 Å². The Balaban J connectivity index is 1.84. The highest BCUT2D eigenvalue weighted by Crippen LogP contribution is 2.29. The fraction of sp³-hybridized carbons (Fsp3) is 0.467. The second-order valence-electron chi connectivity index (χ2n) is 5.48. The van der Waals surface area contributed by atoms with Crippen molar-refractivity contribution >= 4 is 0 Å². The highest BCUT2D eigenvalue weighted by atomic mass is 16.4. The molecule has 0 atom stereocenters. The lowest BCUT2D eigenvalue weighted by Gasteiger charge is -2.31. The van der Waals surface area contributed by atoms with E-state index < -0.39 is 11.4 Å². The highest BCUT2D eigenvalue weighted by Gasteiger charge is 2.31. The standard InChI is InChI=1S/C15H18N2O3/c18-14-17(11-15(19)9-5-2-6-10-15)16-13(20-14)12-7-3-1-4-8-12/h1,3-4,7-8,19H,2,5-6,9-11H2. The van der Waals surface area contributed by atoms with Gasteiger partial charge in [-0.3, -0.25) is 0 Å². The highest BCUT2D eigenvalue weighted by molar-refractivity contribution is 5.51. The van der Waals surface area contributed by atoms with E-state index in [1.807, 2.05) is 30.3 Å². The first kappa shape index (κ1) is 13.1. The summed E-state index contributed by atoms with van der Waals surface area (Å²) < 4.78 is 6.42.